The van der Waals surface area contributed by atoms with Crippen molar-refractivity contribution in [2.24, 2.45) is 5.10 Å². The van der Waals surface area contributed by atoms with Crippen molar-refractivity contribution in [2.75, 3.05) is 11.6 Å². The highest BCUT2D eigenvalue weighted by atomic mass is 35.5. The van der Waals surface area contributed by atoms with Gasteiger partial charge in [0.25, 0.3) is 5.91 Å². The fourth-order valence-electron chi connectivity index (χ4n) is 3.11. The van der Waals surface area contributed by atoms with Gasteiger partial charge in [-0.05, 0) is 42.0 Å². The van der Waals surface area contributed by atoms with Crippen LogP contribution in [0.3, 0.4) is 0 Å². The summed E-state index contributed by atoms with van der Waals surface area (Å²) in [6, 6.07) is 23.2. The molecule has 154 valence electrons. The van der Waals surface area contributed by atoms with Crippen molar-refractivity contribution in [1.29, 1.82) is 0 Å². The summed E-state index contributed by atoms with van der Waals surface area (Å²) in [6.07, 6.45) is 1.75. The molecule has 0 radical (unpaired) electrons. The van der Waals surface area contributed by atoms with Gasteiger partial charge in [-0.3, -0.25) is 4.79 Å². The molecule has 4 rings (SSSR count). The Bertz CT molecular complexity index is 1190. The second-order valence-corrected chi connectivity index (χ2v) is 7.16. The number of hydrogen-bond donors (Lipinski definition) is 1. The van der Waals surface area contributed by atoms with Crippen LogP contribution in [0.15, 0.2) is 89.5 Å². The molecule has 1 heterocycles. The lowest BCUT2D eigenvalue weighted by molar-refractivity contribution is -0.139. The van der Waals surface area contributed by atoms with Crippen LogP contribution in [0.1, 0.15) is 11.1 Å². The number of ether oxygens (including phenoxy) is 1. The Balaban J connectivity index is 1.70. The Hall–Kier alpha value is -3.90. The first-order chi connectivity index (χ1) is 15.0. The number of amides is 1. The number of carboxylic acids is 1. The van der Waals surface area contributed by atoms with Crippen molar-refractivity contribution in [3.8, 4) is 5.75 Å². The van der Waals surface area contributed by atoms with E-state index in [1.54, 1.807) is 54.6 Å². The van der Waals surface area contributed by atoms with Crippen LogP contribution in [0.2, 0.25) is 5.02 Å². The van der Waals surface area contributed by atoms with Crippen LogP contribution in [-0.2, 0) is 9.59 Å². The summed E-state index contributed by atoms with van der Waals surface area (Å²) in [7, 11) is 0. The van der Waals surface area contributed by atoms with E-state index in [0.29, 0.717) is 27.7 Å². The van der Waals surface area contributed by atoms with E-state index in [1.807, 2.05) is 30.3 Å². The number of aliphatic carboxylic acids is 1. The maximum atomic E-state index is 13.3. The second kappa shape index (κ2) is 8.85. The molecule has 0 aromatic heterocycles. The van der Waals surface area contributed by atoms with Gasteiger partial charge in [0.05, 0.1) is 11.3 Å². The molecule has 7 heteroatoms. The second-order valence-electron chi connectivity index (χ2n) is 6.72. The number of carboxylic acid groups (broad SMARTS) is 1. The van der Waals surface area contributed by atoms with E-state index in [9.17, 15) is 9.59 Å². The Morgan fingerprint density at radius 1 is 1.03 bits per heavy atom. The molecule has 0 unspecified atom stereocenters. The molecule has 0 saturated carbocycles. The average molecular weight is 433 g/mol. The van der Waals surface area contributed by atoms with E-state index in [0.717, 1.165) is 11.1 Å². The molecule has 0 saturated heterocycles. The van der Waals surface area contributed by atoms with Crippen LogP contribution in [0.4, 0.5) is 5.69 Å². The SMILES string of the molecule is O=C(O)COc1ccc(/C=C2\C(=O)N(c3cccc(Cl)c3)N=C2c2ccccc2)cc1. The molecule has 0 fully saturated rings. The maximum absolute atomic E-state index is 13.3. The van der Waals surface area contributed by atoms with Gasteiger partial charge in [-0.15, -0.1) is 0 Å². The summed E-state index contributed by atoms with van der Waals surface area (Å²) >= 11 is 6.10. The number of benzene rings is 3. The Labute approximate surface area is 183 Å². The van der Waals surface area contributed by atoms with Crippen LogP contribution < -0.4 is 9.75 Å². The fourth-order valence-corrected chi connectivity index (χ4v) is 3.29. The fraction of sp³-hybridized carbons (Fsp3) is 0.0417. The van der Waals surface area contributed by atoms with Gasteiger partial charge in [0.1, 0.15) is 11.5 Å². The normalized spacial score (nSPS) is 14.6. The van der Waals surface area contributed by atoms with Crippen molar-refractivity contribution >= 4 is 41.0 Å². The van der Waals surface area contributed by atoms with E-state index in [1.165, 1.54) is 5.01 Å². The molecule has 1 N–H and O–H groups in total. The standard InChI is InChI=1S/C24H17ClN2O4/c25-18-7-4-8-19(14-18)27-24(30)21(23(26-27)17-5-2-1-3-6-17)13-16-9-11-20(12-10-16)31-15-22(28)29/h1-14H,15H2,(H,28,29)/b21-13-. The Morgan fingerprint density at radius 3 is 2.45 bits per heavy atom. The minimum atomic E-state index is -1.05. The number of rotatable bonds is 6. The van der Waals surface area contributed by atoms with Crippen LogP contribution in [-0.4, -0.2) is 29.3 Å². The monoisotopic (exact) mass is 432 g/mol. The molecule has 31 heavy (non-hydrogen) atoms. The van der Waals surface area contributed by atoms with E-state index < -0.39 is 12.6 Å². The zero-order chi connectivity index (χ0) is 21.8. The van der Waals surface area contributed by atoms with E-state index >= 15 is 0 Å². The van der Waals surface area contributed by atoms with Gasteiger partial charge in [0.2, 0.25) is 0 Å². The van der Waals surface area contributed by atoms with E-state index in [-0.39, 0.29) is 5.91 Å². The molecule has 6 nitrogen and oxygen atoms in total. The molecule has 1 amide bonds. The molecule has 1 aliphatic heterocycles. The van der Waals surface area contributed by atoms with Gasteiger partial charge in [-0.25, -0.2) is 4.79 Å². The highest BCUT2D eigenvalue weighted by molar-refractivity contribution is 6.37. The summed E-state index contributed by atoms with van der Waals surface area (Å²) in [5.74, 6) is -0.889. The van der Waals surface area contributed by atoms with Crippen molar-refractivity contribution in [1.82, 2.24) is 0 Å². The first-order valence-corrected chi connectivity index (χ1v) is 9.80. The number of hydrogen-bond acceptors (Lipinski definition) is 4. The molecule has 0 aliphatic carbocycles. The molecular weight excluding hydrogens is 416 g/mol. The molecule has 0 atom stereocenters. The van der Waals surface area contributed by atoms with Gasteiger partial charge in [0, 0.05) is 10.6 Å². The molecule has 3 aromatic carbocycles. The highest BCUT2D eigenvalue weighted by Crippen LogP contribution is 2.29. The molecule has 1 aliphatic rings. The zero-order valence-corrected chi connectivity index (χ0v) is 17.0. The molecule has 3 aromatic rings. The predicted molar refractivity (Wildman–Crippen MR) is 119 cm³/mol. The lowest BCUT2D eigenvalue weighted by Crippen LogP contribution is -2.21. The van der Waals surface area contributed by atoms with Gasteiger partial charge in [0.15, 0.2) is 6.61 Å². The first kappa shape index (κ1) is 20.4. The summed E-state index contributed by atoms with van der Waals surface area (Å²) in [5, 5.41) is 15.1. The van der Waals surface area contributed by atoms with Crippen LogP contribution >= 0.6 is 11.6 Å². The third kappa shape index (κ3) is 4.65. The van der Waals surface area contributed by atoms with Gasteiger partial charge >= 0.3 is 5.97 Å². The van der Waals surface area contributed by atoms with Crippen molar-refractivity contribution in [3.63, 3.8) is 0 Å². The molecule has 0 spiro atoms. The smallest absolute Gasteiger partial charge is 0.341 e. The topological polar surface area (TPSA) is 79.2 Å². The van der Waals surface area contributed by atoms with E-state index in [4.69, 9.17) is 21.4 Å². The summed E-state index contributed by atoms with van der Waals surface area (Å²) in [4.78, 5) is 23.9. The lowest BCUT2D eigenvalue weighted by atomic mass is 10.0. The number of nitrogens with zero attached hydrogens (tertiary/aromatic N) is 2. The van der Waals surface area contributed by atoms with E-state index in [2.05, 4.69) is 5.10 Å². The maximum Gasteiger partial charge on any atom is 0.341 e. The lowest BCUT2D eigenvalue weighted by Gasteiger charge is -2.11. The molecular formula is C24H17ClN2O4. The minimum Gasteiger partial charge on any atom is -0.482 e. The average Bonchev–Trinajstić information content (AvgIpc) is 3.10. The van der Waals surface area contributed by atoms with Crippen molar-refractivity contribution in [3.05, 3.63) is 101 Å². The number of anilines is 1. The number of halogens is 1. The summed E-state index contributed by atoms with van der Waals surface area (Å²) in [6.45, 7) is -0.418. The Morgan fingerprint density at radius 2 is 1.77 bits per heavy atom. The summed E-state index contributed by atoms with van der Waals surface area (Å²) in [5.41, 5.74) is 3.13. The largest absolute Gasteiger partial charge is 0.482 e. The number of carbonyl (C=O) groups is 2. The predicted octanol–water partition coefficient (Wildman–Crippen LogP) is 4.64. The van der Waals surface area contributed by atoms with Crippen LogP contribution in [0, 0.1) is 0 Å². The van der Waals surface area contributed by atoms with Gasteiger partial charge in [-0.1, -0.05) is 60.1 Å². The number of carbonyl (C=O) groups excluding carboxylic acids is 1. The third-order valence-electron chi connectivity index (χ3n) is 4.53. The third-order valence-corrected chi connectivity index (χ3v) is 4.77. The van der Waals surface area contributed by atoms with Gasteiger partial charge < -0.3 is 9.84 Å². The minimum absolute atomic E-state index is 0.271. The van der Waals surface area contributed by atoms with Crippen molar-refractivity contribution < 1.29 is 19.4 Å². The van der Waals surface area contributed by atoms with Crippen molar-refractivity contribution in [2.45, 2.75) is 0 Å². The highest BCUT2D eigenvalue weighted by Gasteiger charge is 2.32. The molecule has 0 bridgehead atoms. The van der Waals surface area contributed by atoms with Crippen LogP contribution in [0.25, 0.3) is 6.08 Å². The zero-order valence-electron chi connectivity index (χ0n) is 16.2. The number of hydrazone groups is 1. The van der Waals surface area contributed by atoms with Gasteiger partial charge in [-0.2, -0.15) is 10.1 Å². The summed E-state index contributed by atoms with van der Waals surface area (Å²) < 4.78 is 5.16. The first-order valence-electron chi connectivity index (χ1n) is 9.42. The quantitative estimate of drug-likeness (QED) is 0.575. The Kier molecular flexibility index (Phi) is 5.82. The van der Waals surface area contributed by atoms with Crippen LogP contribution in [0.5, 0.6) is 5.75 Å².